The van der Waals surface area contributed by atoms with Gasteiger partial charge in [0.15, 0.2) is 0 Å². The third-order valence-corrected chi connectivity index (χ3v) is 6.38. The van der Waals surface area contributed by atoms with Gasteiger partial charge in [0.25, 0.3) is 0 Å². The van der Waals surface area contributed by atoms with Gasteiger partial charge in [-0.15, -0.1) is 11.3 Å². The topological polar surface area (TPSA) is 53.1 Å². The Labute approximate surface area is 126 Å². The predicted octanol–water partition coefficient (Wildman–Crippen LogP) is 3.86. The molecule has 0 aliphatic carbocycles. The highest BCUT2D eigenvalue weighted by Crippen LogP contribution is 2.34. The second-order valence-electron chi connectivity index (χ2n) is 6.38. The van der Waals surface area contributed by atoms with Gasteiger partial charge in [0.1, 0.15) is 22.9 Å². The zero-order chi connectivity index (χ0) is 14.9. The van der Waals surface area contributed by atoms with Gasteiger partial charge in [0.2, 0.25) is 0 Å². The molecule has 0 radical (unpaired) electrons. The number of nitrogens with zero attached hydrogens (tertiary/aromatic N) is 2. The highest BCUT2D eigenvalue weighted by Gasteiger charge is 2.17. The molecule has 2 N–H and O–H groups in total. The first-order chi connectivity index (χ1) is 9.33. The van der Waals surface area contributed by atoms with E-state index in [1.807, 2.05) is 6.92 Å². The lowest BCUT2D eigenvalue weighted by Gasteiger charge is -2.16. The summed E-state index contributed by atoms with van der Waals surface area (Å²) in [6, 6.07) is 1.18. The Bertz CT molecular complexity index is 598. The molecule has 6 heteroatoms. The summed E-state index contributed by atoms with van der Waals surface area (Å²) in [5, 5.41) is 0. The van der Waals surface area contributed by atoms with E-state index in [0.717, 1.165) is 34.9 Å². The van der Waals surface area contributed by atoms with E-state index >= 15 is 0 Å². The molecule has 0 aliphatic rings. The molecule has 0 bridgehead atoms. The lowest BCUT2D eigenvalue weighted by molar-refractivity contribution is 0.0886. The number of ether oxygens (including phenoxy) is 1. The highest BCUT2D eigenvalue weighted by atomic mass is 32.1. The van der Waals surface area contributed by atoms with E-state index < -0.39 is 8.07 Å². The molecule has 0 unspecified atom stereocenters. The number of hydrogen-bond acceptors (Lipinski definition) is 4. The van der Waals surface area contributed by atoms with Crippen LogP contribution in [0.5, 0.6) is 0 Å². The van der Waals surface area contributed by atoms with Gasteiger partial charge in [-0.25, -0.2) is 4.98 Å². The van der Waals surface area contributed by atoms with Gasteiger partial charge >= 0.3 is 0 Å². The molecule has 0 spiro atoms. The maximum atomic E-state index is 6.24. The molecule has 0 amide bonds. The minimum Gasteiger partial charge on any atom is -0.396 e. The SMILES string of the molecule is CCc1sc2nc(C)n(COCC[Si](C)(C)C)c2c1N. The summed E-state index contributed by atoms with van der Waals surface area (Å²) in [5.41, 5.74) is 8.17. The van der Waals surface area contributed by atoms with Crippen molar-refractivity contribution < 1.29 is 4.74 Å². The van der Waals surface area contributed by atoms with E-state index in [2.05, 4.69) is 36.1 Å². The summed E-state index contributed by atoms with van der Waals surface area (Å²) >= 11 is 1.70. The molecule has 2 rings (SSSR count). The molecule has 0 fully saturated rings. The predicted molar refractivity (Wildman–Crippen MR) is 90.2 cm³/mol. The van der Waals surface area contributed by atoms with E-state index in [4.69, 9.17) is 10.5 Å². The van der Waals surface area contributed by atoms with Gasteiger partial charge in [-0.3, -0.25) is 0 Å². The monoisotopic (exact) mass is 311 g/mol. The van der Waals surface area contributed by atoms with E-state index in [9.17, 15) is 0 Å². The molecule has 4 nitrogen and oxygen atoms in total. The van der Waals surface area contributed by atoms with E-state index in [-0.39, 0.29) is 0 Å². The van der Waals surface area contributed by atoms with Gasteiger partial charge < -0.3 is 15.0 Å². The molecule has 2 heterocycles. The third-order valence-electron chi connectivity index (χ3n) is 3.44. The van der Waals surface area contributed by atoms with Crippen LogP contribution in [0.4, 0.5) is 5.69 Å². The molecular formula is C14H25N3OSSi. The average Bonchev–Trinajstić information content (AvgIpc) is 2.81. The van der Waals surface area contributed by atoms with Crippen LogP contribution in [0.3, 0.4) is 0 Å². The Morgan fingerprint density at radius 3 is 2.65 bits per heavy atom. The number of thiophene rings is 1. The molecule has 20 heavy (non-hydrogen) atoms. The quantitative estimate of drug-likeness (QED) is 0.651. The molecule has 0 atom stereocenters. The molecule has 0 aromatic carbocycles. The maximum absolute atomic E-state index is 6.24. The second-order valence-corrected chi connectivity index (χ2v) is 13.1. The summed E-state index contributed by atoms with van der Waals surface area (Å²) in [7, 11) is -1.03. The lowest BCUT2D eigenvalue weighted by Crippen LogP contribution is -2.22. The summed E-state index contributed by atoms with van der Waals surface area (Å²) in [5.74, 6) is 0.980. The number of anilines is 1. The number of rotatable bonds is 6. The van der Waals surface area contributed by atoms with E-state index in [1.54, 1.807) is 11.3 Å². The van der Waals surface area contributed by atoms with Crippen molar-refractivity contribution >= 4 is 35.4 Å². The third kappa shape index (κ3) is 3.24. The summed E-state index contributed by atoms with van der Waals surface area (Å²) in [4.78, 5) is 6.85. The molecule has 0 saturated carbocycles. The first kappa shape index (κ1) is 15.5. The number of hydrogen-bond donors (Lipinski definition) is 1. The number of nitrogens with two attached hydrogens (primary N) is 1. The van der Waals surface area contributed by atoms with Crippen LogP contribution < -0.4 is 5.73 Å². The second kappa shape index (κ2) is 5.87. The smallest absolute Gasteiger partial charge is 0.144 e. The van der Waals surface area contributed by atoms with Crippen LogP contribution in [0, 0.1) is 6.92 Å². The van der Waals surface area contributed by atoms with Crippen molar-refractivity contribution in [1.29, 1.82) is 0 Å². The van der Waals surface area contributed by atoms with E-state index in [1.165, 1.54) is 10.9 Å². The molecule has 0 aliphatic heterocycles. The van der Waals surface area contributed by atoms with Crippen molar-refractivity contribution in [1.82, 2.24) is 9.55 Å². The highest BCUT2D eigenvalue weighted by molar-refractivity contribution is 7.19. The zero-order valence-corrected chi connectivity index (χ0v) is 14.9. The van der Waals surface area contributed by atoms with Gasteiger partial charge in [-0.2, -0.15) is 0 Å². The molecular weight excluding hydrogens is 286 g/mol. The average molecular weight is 312 g/mol. The van der Waals surface area contributed by atoms with E-state index in [0.29, 0.717) is 6.73 Å². The molecule has 2 aromatic heterocycles. The number of aromatic nitrogens is 2. The number of fused-ring (bicyclic) bond motifs is 1. The van der Waals surface area contributed by atoms with Crippen LogP contribution in [0.15, 0.2) is 0 Å². The van der Waals surface area contributed by atoms with Gasteiger partial charge in [-0.1, -0.05) is 26.6 Å². The van der Waals surface area contributed by atoms with Crippen LogP contribution in [0.1, 0.15) is 17.6 Å². The Morgan fingerprint density at radius 2 is 2.05 bits per heavy atom. The zero-order valence-electron chi connectivity index (χ0n) is 13.1. The molecule has 2 aromatic rings. The number of nitrogen functional groups attached to an aromatic ring is 1. The van der Waals surface area contributed by atoms with Crippen LogP contribution in [-0.4, -0.2) is 24.2 Å². The maximum Gasteiger partial charge on any atom is 0.144 e. The Morgan fingerprint density at radius 1 is 1.35 bits per heavy atom. The Hall–Kier alpha value is -0.853. The Balaban J connectivity index is 2.13. The van der Waals surface area contributed by atoms with Crippen molar-refractivity contribution in [3.63, 3.8) is 0 Å². The lowest BCUT2D eigenvalue weighted by atomic mass is 10.3. The number of aryl methyl sites for hydroxylation is 2. The summed E-state index contributed by atoms with van der Waals surface area (Å²) < 4.78 is 7.95. The largest absolute Gasteiger partial charge is 0.396 e. The van der Waals surface area contributed by atoms with Crippen LogP contribution in [0.2, 0.25) is 25.7 Å². The van der Waals surface area contributed by atoms with Crippen molar-refractivity contribution in [2.24, 2.45) is 0 Å². The van der Waals surface area contributed by atoms with Crippen LogP contribution in [-0.2, 0) is 17.9 Å². The van der Waals surface area contributed by atoms with Crippen LogP contribution in [0.25, 0.3) is 10.3 Å². The fourth-order valence-electron chi connectivity index (χ4n) is 2.13. The number of imidazole rings is 1. The normalized spacial score (nSPS) is 12.4. The van der Waals surface area contributed by atoms with Gasteiger partial charge in [0, 0.05) is 19.6 Å². The first-order valence-electron chi connectivity index (χ1n) is 7.15. The van der Waals surface area contributed by atoms with Crippen molar-refractivity contribution in [3.05, 3.63) is 10.7 Å². The Kier molecular flexibility index (Phi) is 4.56. The van der Waals surface area contributed by atoms with Crippen LogP contribution >= 0.6 is 11.3 Å². The van der Waals surface area contributed by atoms with Gasteiger partial charge in [-0.05, 0) is 19.4 Å². The minimum atomic E-state index is -1.03. The molecule has 0 saturated heterocycles. The standard InChI is InChI=1S/C14H25N3OSSi/c1-6-11-12(15)13-14(19-11)16-10(2)17(13)9-18-7-8-20(3,4)5/h6-9,15H2,1-5H3. The minimum absolute atomic E-state index is 0.552. The fraction of sp³-hybridized carbons (Fsp3) is 0.643. The molecule has 112 valence electrons. The first-order valence-corrected chi connectivity index (χ1v) is 11.7. The van der Waals surface area contributed by atoms with Crippen molar-refractivity contribution in [2.75, 3.05) is 12.3 Å². The summed E-state index contributed by atoms with van der Waals surface area (Å²) in [6.45, 7) is 12.6. The summed E-state index contributed by atoms with van der Waals surface area (Å²) in [6.07, 6.45) is 0.961. The fourth-order valence-corrected chi connectivity index (χ4v) is 3.96. The van der Waals surface area contributed by atoms with Gasteiger partial charge in [0.05, 0.1) is 5.69 Å². The van der Waals surface area contributed by atoms with Crippen molar-refractivity contribution in [2.45, 2.75) is 52.7 Å². The van der Waals surface area contributed by atoms with Crippen molar-refractivity contribution in [3.8, 4) is 0 Å².